The SMILES string of the molecule is CCC1C=CC2OCCOC2C(CC)S1. The summed E-state index contributed by atoms with van der Waals surface area (Å²) in [5, 5.41) is 1.21. The van der Waals surface area contributed by atoms with Crippen LogP contribution in [0.2, 0.25) is 0 Å². The first-order valence-electron chi connectivity index (χ1n) is 5.92. The van der Waals surface area contributed by atoms with Crippen LogP contribution in [0.5, 0.6) is 0 Å². The molecule has 0 saturated carbocycles. The zero-order chi connectivity index (χ0) is 10.7. The lowest BCUT2D eigenvalue weighted by Crippen LogP contribution is -2.43. The van der Waals surface area contributed by atoms with Gasteiger partial charge in [-0.15, -0.1) is 11.8 Å². The third-order valence-electron chi connectivity index (χ3n) is 3.06. The predicted octanol–water partition coefficient (Wildman–Crippen LogP) is 2.63. The average molecular weight is 228 g/mol. The van der Waals surface area contributed by atoms with Gasteiger partial charge in [-0.05, 0) is 12.8 Å². The Balaban J connectivity index is 2.11. The molecule has 2 nitrogen and oxygen atoms in total. The Morgan fingerprint density at radius 2 is 1.93 bits per heavy atom. The largest absolute Gasteiger partial charge is 0.372 e. The van der Waals surface area contributed by atoms with Crippen LogP contribution in [0.4, 0.5) is 0 Å². The molecule has 15 heavy (non-hydrogen) atoms. The van der Waals surface area contributed by atoms with Crippen molar-refractivity contribution in [2.24, 2.45) is 0 Å². The molecule has 2 rings (SSSR count). The van der Waals surface area contributed by atoms with Gasteiger partial charge in [0, 0.05) is 10.5 Å². The van der Waals surface area contributed by atoms with Gasteiger partial charge in [-0.25, -0.2) is 0 Å². The number of hydrogen-bond donors (Lipinski definition) is 0. The van der Waals surface area contributed by atoms with E-state index >= 15 is 0 Å². The molecule has 4 atom stereocenters. The summed E-state index contributed by atoms with van der Waals surface area (Å²) < 4.78 is 11.6. The summed E-state index contributed by atoms with van der Waals surface area (Å²) >= 11 is 2.05. The predicted molar refractivity (Wildman–Crippen MR) is 64.4 cm³/mol. The van der Waals surface area contributed by atoms with Crippen LogP contribution in [0.3, 0.4) is 0 Å². The summed E-state index contributed by atoms with van der Waals surface area (Å²) in [4.78, 5) is 0. The van der Waals surface area contributed by atoms with Gasteiger partial charge in [0.05, 0.1) is 19.3 Å². The number of hydrogen-bond acceptors (Lipinski definition) is 3. The fraction of sp³-hybridized carbons (Fsp3) is 0.833. The highest BCUT2D eigenvalue weighted by Gasteiger charge is 2.34. The molecule has 0 aromatic carbocycles. The first-order chi connectivity index (χ1) is 7.35. The highest BCUT2D eigenvalue weighted by atomic mass is 32.2. The van der Waals surface area contributed by atoms with E-state index in [0.717, 1.165) is 19.6 Å². The van der Waals surface area contributed by atoms with Crippen LogP contribution >= 0.6 is 11.8 Å². The van der Waals surface area contributed by atoms with Crippen LogP contribution < -0.4 is 0 Å². The Morgan fingerprint density at radius 1 is 1.13 bits per heavy atom. The minimum absolute atomic E-state index is 0.188. The van der Waals surface area contributed by atoms with E-state index in [0.29, 0.717) is 10.5 Å². The third kappa shape index (κ3) is 2.58. The number of fused-ring (bicyclic) bond motifs is 1. The number of rotatable bonds is 2. The molecule has 2 aliphatic heterocycles. The molecule has 0 aromatic heterocycles. The maximum absolute atomic E-state index is 5.86. The Morgan fingerprint density at radius 3 is 2.67 bits per heavy atom. The Kier molecular flexibility index (Phi) is 4.12. The molecule has 0 amide bonds. The summed E-state index contributed by atoms with van der Waals surface area (Å²) in [7, 11) is 0. The molecule has 3 heteroatoms. The highest BCUT2D eigenvalue weighted by Crippen LogP contribution is 2.34. The molecule has 86 valence electrons. The van der Waals surface area contributed by atoms with Gasteiger partial charge in [0.15, 0.2) is 0 Å². The van der Waals surface area contributed by atoms with Gasteiger partial charge < -0.3 is 9.47 Å². The summed E-state index contributed by atoms with van der Waals surface area (Å²) in [6, 6.07) is 0. The zero-order valence-electron chi connectivity index (χ0n) is 9.52. The van der Waals surface area contributed by atoms with Gasteiger partial charge >= 0.3 is 0 Å². The second-order valence-corrected chi connectivity index (χ2v) is 5.57. The van der Waals surface area contributed by atoms with Crippen LogP contribution in [0.15, 0.2) is 12.2 Å². The van der Waals surface area contributed by atoms with Crippen LogP contribution in [-0.2, 0) is 9.47 Å². The molecule has 0 aliphatic carbocycles. The normalized spacial score (nSPS) is 40.9. The summed E-state index contributed by atoms with van der Waals surface area (Å²) in [6.07, 6.45) is 7.31. The molecule has 0 spiro atoms. The molecule has 2 aliphatic rings. The number of thioether (sulfide) groups is 1. The number of ether oxygens (including phenoxy) is 2. The van der Waals surface area contributed by atoms with Gasteiger partial charge in [-0.1, -0.05) is 26.0 Å². The van der Waals surface area contributed by atoms with Crippen LogP contribution in [0.1, 0.15) is 26.7 Å². The van der Waals surface area contributed by atoms with Crippen molar-refractivity contribution < 1.29 is 9.47 Å². The molecule has 1 fully saturated rings. The Hall–Kier alpha value is 0.0100. The lowest BCUT2D eigenvalue weighted by Gasteiger charge is -2.34. The van der Waals surface area contributed by atoms with E-state index in [9.17, 15) is 0 Å². The van der Waals surface area contributed by atoms with Crippen molar-refractivity contribution in [2.45, 2.75) is 49.4 Å². The second-order valence-electron chi connectivity index (χ2n) is 4.09. The molecule has 4 unspecified atom stereocenters. The van der Waals surface area contributed by atoms with Gasteiger partial charge in [0.25, 0.3) is 0 Å². The smallest absolute Gasteiger partial charge is 0.103 e. The standard InChI is InChI=1S/C12H20O2S/c1-3-9-5-6-10-12(11(4-2)15-9)14-8-7-13-10/h5-6,9-12H,3-4,7-8H2,1-2H3. The molecule has 0 N–H and O–H groups in total. The van der Waals surface area contributed by atoms with Gasteiger partial charge in [0.2, 0.25) is 0 Å². The minimum Gasteiger partial charge on any atom is -0.372 e. The van der Waals surface area contributed by atoms with Crippen LogP contribution in [-0.4, -0.2) is 35.9 Å². The highest BCUT2D eigenvalue weighted by molar-refractivity contribution is 8.00. The van der Waals surface area contributed by atoms with E-state index in [1.807, 2.05) is 11.8 Å². The van der Waals surface area contributed by atoms with Crippen molar-refractivity contribution in [1.29, 1.82) is 0 Å². The van der Waals surface area contributed by atoms with Crippen molar-refractivity contribution in [3.8, 4) is 0 Å². The van der Waals surface area contributed by atoms with Gasteiger partial charge in [-0.3, -0.25) is 0 Å². The first kappa shape index (κ1) is 11.5. The topological polar surface area (TPSA) is 18.5 Å². The molecular weight excluding hydrogens is 208 g/mol. The van der Waals surface area contributed by atoms with E-state index in [1.165, 1.54) is 6.42 Å². The van der Waals surface area contributed by atoms with Crippen molar-refractivity contribution in [3.63, 3.8) is 0 Å². The summed E-state index contributed by atoms with van der Waals surface area (Å²) in [6.45, 7) is 5.97. The molecule has 2 heterocycles. The van der Waals surface area contributed by atoms with Crippen molar-refractivity contribution in [1.82, 2.24) is 0 Å². The van der Waals surface area contributed by atoms with Crippen LogP contribution in [0.25, 0.3) is 0 Å². The molecule has 0 aromatic rings. The van der Waals surface area contributed by atoms with E-state index < -0.39 is 0 Å². The zero-order valence-corrected chi connectivity index (χ0v) is 10.3. The second kappa shape index (κ2) is 5.37. The van der Waals surface area contributed by atoms with Crippen molar-refractivity contribution >= 4 is 11.8 Å². The van der Waals surface area contributed by atoms with Crippen molar-refractivity contribution in [2.75, 3.05) is 13.2 Å². The molecule has 0 bridgehead atoms. The van der Waals surface area contributed by atoms with Crippen molar-refractivity contribution in [3.05, 3.63) is 12.2 Å². The minimum atomic E-state index is 0.188. The van der Waals surface area contributed by atoms with Gasteiger partial charge in [0.1, 0.15) is 6.10 Å². The lowest BCUT2D eigenvalue weighted by molar-refractivity contribution is -0.120. The first-order valence-corrected chi connectivity index (χ1v) is 6.86. The fourth-order valence-corrected chi connectivity index (χ4v) is 3.59. The molecule has 0 radical (unpaired) electrons. The molecule has 1 saturated heterocycles. The summed E-state index contributed by atoms with van der Waals surface area (Å²) in [5.41, 5.74) is 0. The monoisotopic (exact) mass is 228 g/mol. The quantitative estimate of drug-likeness (QED) is 0.677. The average Bonchev–Trinajstić information content (AvgIpc) is 2.48. The van der Waals surface area contributed by atoms with Crippen LogP contribution in [0, 0.1) is 0 Å². The van der Waals surface area contributed by atoms with E-state index in [-0.39, 0.29) is 12.2 Å². The Bertz CT molecular complexity index is 230. The van der Waals surface area contributed by atoms with E-state index in [1.54, 1.807) is 0 Å². The summed E-state index contributed by atoms with van der Waals surface area (Å²) in [5.74, 6) is 0. The third-order valence-corrected chi connectivity index (χ3v) is 4.86. The Labute approximate surface area is 96.4 Å². The van der Waals surface area contributed by atoms with Gasteiger partial charge in [-0.2, -0.15) is 0 Å². The van der Waals surface area contributed by atoms with E-state index in [4.69, 9.17) is 9.47 Å². The fourth-order valence-electron chi connectivity index (χ4n) is 2.18. The molecular formula is C12H20O2S. The maximum atomic E-state index is 5.86. The lowest BCUT2D eigenvalue weighted by atomic mass is 10.1. The maximum Gasteiger partial charge on any atom is 0.103 e. The van der Waals surface area contributed by atoms with E-state index in [2.05, 4.69) is 26.0 Å².